The summed E-state index contributed by atoms with van der Waals surface area (Å²) in [6.07, 6.45) is -51.8. The zero-order chi connectivity index (χ0) is 60.2. The summed E-state index contributed by atoms with van der Waals surface area (Å²) in [5.74, 6) is 0. The molecule has 76 heteroatoms. The van der Waals surface area contributed by atoms with Gasteiger partial charge in [-0.2, -0.15) is 0 Å². The SMILES string of the molecule is [B]B([B])B(B([B])[B])B(B([B])[B])B(B(N=BB(B(B(B([B])[B])B([B])[B])B(B([B])[B])B([B])[B])B(B(B([B])[B])B([B])[B])B(B([B])[B])B([B])[B])B(B(B([B])[B])B([B])[B])B(B([B])[B])B([B])[B])B(B(B([B])[B])B([B])[B])B(B([B])[B])B([B])[B]. The average molecular weight is 825 g/mol. The van der Waals surface area contributed by atoms with Gasteiger partial charge < -0.3 is 0 Å². The first-order valence-corrected chi connectivity index (χ1v) is 24.8. The quantitative estimate of drug-likeness (QED) is 0.0558. The molecule has 0 saturated carbocycles. The predicted octanol–water partition coefficient (Wildman–Crippen LogP) is -28.4. The molecule has 0 aromatic heterocycles. The fourth-order valence-electron chi connectivity index (χ4n) is 12.5. The molecule has 0 aromatic carbocycles. The Balaban J connectivity index is 11.3. The van der Waals surface area contributed by atoms with Crippen LogP contribution in [0.15, 0.2) is 4.81 Å². The molecule has 230 valence electrons. The van der Waals surface area contributed by atoms with Crippen LogP contribution in [0.25, 0.3) is 0 Å². The summed E-state index contributed by atoms with van der Waals surface area (Å²) in [7, 11) is 252. The molecule has 1 nitrogen and oxygen atoms in total. The molecule has 0 bridgehead atoms. The first-order valence-electron chi connectivity index (χ1n) is 24.8. The fraction of sp³-hybridized carbons (Fsp3) is 0. The Hall–Kier alpha value is 4.67. The van der Waals surface area contributed by atoms with Gasteiger partial charge in [0.25, 0.3) is 0 Å². The fourth-order valence-corrected chi connectivity index (χ4v) is 12.5. The van der Waals surface area contributed by atoms with Gasteiger partial charge in [-0.25, -0.2) is 0 Å². The van der Waals surface area contributed by atoms with Crippen molar-refractivity contribution in [3.8, 4) is 0 Å². The Kier molecular flexibility index (Phi) is 39.8. The molecule has 0 unspecified atom stereocenters. The van der Waals surface area contributed by atoms with Crippen molar-refractivity contribution in [3.63, 3.8) is 0 Å². The van der Waals surface area contributed by atoms with Crippen LogP contribution < -0.4 is 0 Å². The van der Waals surface area contributed by atoms with Crippen molar-refractivity contribution in [3.05, 3.63) is 0 Å². The van der Waals surface area contributed by atoms with Crippen LogP contribution in [0.5, 0.6) is 0 Å². The van der Waals surface area contributed by atoms with E-state index in [0.717, 1.165) is 0 Å². The number of hydrogen-bond donors (Lipinski definition) is 0. The second kappa shape index (κ2) is 37.5. The Labute approximate surface area is 530 Å². The summed E-state index contributed by atoms with van der Waals surface area (Å²) in [6, 6.07) is 0. The summed E-state index contributed by atoms with van der Waals surface area (Å²) < 4.78 is 0. The van der Waals surface area contributed by atoms with E-state index in [9.17, 15) is 0 Å². The molecule has 0 N–H and O–H groups in total. The standard InChI is InChI=1S/B75N/c1-40(2)60(41(3)4)69(58(37)38)74(72(65(50(21)22)51(23)24)66(52(25)26)53(27)28)75(73(67(54(29)30)55(31)32)68(56(33)34)57(35)36)76-39-59(70(61(42(5)6)43(7)8)62(44(9)10)45(11)12)71(63(46(13)14)47(15)16)64(48(17)18)49(19)20. The first-order chi connectivity index (χ1) is 34.6. The second-order valence-corrected chi connectivity index (χ2v) is 21.0. The van der Waals surface area contributed by atoms with Gasteiger partial charge in [-0.15, -0.1) is 0 Å². The molecular weight excluding hydrogens is 825 g/mol. The van der Waals surface area contributed by atoms with Crippen LogP contribution in [-0.2, 0) is 0 Å². The first kappa shape index (κ1) is 80.7. The van der Waals surface area contributed by atoms with Gasteiger partial charge in [0.05, 0.1) is 0 Å². The molecule has 0 aliphatic carbocycles. The molecule has 0 rings (SSSR count). The van der Waals surface area contributed by atoms with Crippen LogP contribution in [-0.4, -0.2) is 531 Å². The third-order valence-corrected chi connectivity index (χ3v) is 15.4. The van der Waals surface area contributed by atoms with Crippen LogP contribution in [0.2, 0.25) is 0 Å². The van der Waals surface area contributed by atoms with Crippen LogP contribution >= 0.6 is 0 Å². The normalized spacial score (nSPS) is 9.84. The molecule has 0 spiro atoms. The third kappa shape index (κ3) is 22.4. The Morgan fingerprint density at radius 1 is 0.145 bits per heavy atom. The maximum atomic E-state index is 6.90. The van der Waals surface area contributed by atoms with Crippen molar-refractivity contribution in [2.45, 2.75) is 0 Å². The van der Waals surface area contributed by atoms with Crippen molar-refractivity contribution >= 4 is 531 Å². The minimum absolute atomic E-state index is 1.27. The Bertz CT molecular complexity index is 1310. The van der Waals surface area contributed by atoms with Crippen LogP contribution in [0, 0.1) is 0 Å². The van der Waals surface area contributed by atoms with Gasteiger partial charge in [0.1, 0.15) is 0 Å². The molecule has 0 fully saturated rings. The van der Waals surface area contributed by atoms with Gasteiger partial charge in [-0.1, -0.05) is 0 Å². The van der Waals surface area contributed by atoms with Gasteiger partial charge in [-0.3, -0.25) is 0 Å². The third-order valence-electron chi connectivity index (χ3n) is 15.4. The molecule has 0 aliphatic heterocycles. The molecule has 76 radical (unpaired) electrons. The number of rotatable bonds is 36. The Morgan fingerprint density at radius 2 is 0.276 bits per heavy atom. The topological polar surface area (TPSA) is 12.4 Å². The number of nitrogens with zero attached hydrogens (tertiary/aromatic N) is 1. The molecule has 0 saturated heterocycles. The van der Waals surface area contributed by atoms with E-state index in [1.807, 2.05) is 0 Å². The maximum absolute atomic E-state index is 6.90. The zero-order valence-corrected chi connectivity index (χ0v) is 43.7. The summed E-state index contributed by atoms with van der Waals surface area (Å²) in [4.78, 5) is 5.45. The summed E-state index contributed by atoms with van der Waals surface area (Å²) in [5.41, 5.74) is 0. The van der Waals surface area contributed by atoms with E-state index in [2.05, 4.69) is 0 Å². The molecule has 0 aliphatic rings. The van der Waals surface area contributed by atoms with Crippen molar-refractivity contribution in [2.75, 3.05) is 0 Å². The van der Waals surface area contributed by atoms with Crippen molar-refractivity contribution in [1.82, 2.24) is 0 Å². The van der Waals surface area contributed by atoms with E-state index in [4.69, 9.17) is 299 Å². The van der Waals surface area contributed by atoms with E-state index in [0.29, 0.717) is 0 Å². The van der Waals surface area contributed by atoms with Crippen LogP contribution in [0.4, 0.5) is 0 Å². The number of hydrogen-bond acceptors (Lipinski definition) is 1. The molecule has 0 aromatic rings. The van der Waals surface area contributed by atoms with Gasteiger partial charge in [0, 0.05) is 0 Å². The summed E-state index contributed by atoms with van der Waals surface area (Å²) in [5, 5.41) is 0. The van der Waals surface area contributed by atoms with Crippen molar-refractivity contribution in [2.24, 2.45) is 4.81 Å². The Morgan fingerprint density at radius 3 is 0.447 bits per heavy atom. The van der Waals surface area contributed by atoms with Gasteiger partial charge >= 0.3 is 536 Å². The van der Waals surface area contributed by atoms with E-state index >= 15 is 0 Å². The van der Waals surface area contributed by atoms with Gasteiger partial charge in [-0.05, 0) is 0 Å². The van der Waals surface area contributed by atoms with Crippen molar-refractivity contribution in [1.29, 1.82) is 0 Å². The van der Waals surface area contributed by atoms with Crippen LogP contribution in [0.3, 0.4) is 0 Å². The summed E-state index contributed by atoms with van der Waals surface area (Å²) >= 11 is 0. The van der Waals surface area contributed by atoms with E-state index < -0.39 is 230 Å². The second-order valence-electron chi connectivity index (χ2n) is 21.0. The predicted molar refractivity (Wildman–Crippen MR) is 434 cm³/mol. The van der Waals surface area contributed by atoms with E-state index in [1.165, 1.54) is 6.96 Å². The molecular formula is B75N. The van der Waals surface area contributed by atoms with Crippen molar-refractivity contribution < 1.29 is 0 Å². The zero-order valence-electron chi connectivity index (χ0n) is 43.7. The van der Waals surface area contributed by atoms with E-state index in [1.54, 1.807) is 0 Å². The average Bonchev–Trinajstić information content (AvgIpc) is 3.19. The minimum atomic E-state index is -1.78. The van der Waals surface area contributed by atoms with Gasteiger partial charge in [0.2, 0.25) is 0 Å². The summed E-state index contributed by atoms with van der Waals surface area (Å²) in [6.45, 7) is -0.513. The molecule has 0 atom stereocenters. The van der Waals surface area contributed by atoms with Gasteiger partial charge in [0.15, 0.2) is 0 Å². The van der Waals surface area contributed by atoms with E-state index in [-0.39, 0.29) is 0 Å². The monoisotopic (exact) mass is 840 g/mol. The molecule has 0 heterocycles. The molecule has 0 amide bonds. The van der Waals surface area contributed by atoms with Crippen LogP contribution in [0.1, 0.15) is 0 Å². The molecule has 76 heavy (non-hydrogen) atoms.